The van der Waals surface area contributed by atoms with Crippen LogP contribution in [0.25, 0.3) is 0 Å². The standard InChI is InChI=1S/C16H19N5O3S/c1-9(11-4-5-12-13(6-11)24-8-23-12)18-14(22)7-25-16-20-19-15(21(16)17)10-2-3-10/h4-6,9-10H,2-3,7-8,17H2,1H3,(H,18,22)/t9-/m0/s1. The molecule has 3 N–H and O–H groups in total. The van der Waals surface area contributed by atoms with Crippen molar-refractivity contribution < 1.29 is 14.3 Å². The van der Waals surface area contributed by atoms with Crippen LogP contribution in [0.15, 0.2) is 23.4 Å². The Labute approximate surface area is 149 Å². The Morgan fingerprint density at radius 2 is 2.20 bits per heavy atom. The molecule has 0 spiro atoms. The van der Waals surface area contributed by atoms with E-state index in [9.17, 15) is 4.79 Å². The number of hydrogen-bond acceptors (Lipinski definition) is 7. The molecule has 2 aliphatic rings. The maximum absolute atomic E-state index is 12.2. The number of nitrogens with two attached hydrogens (primary N) is 1. The number of benzene rings is 1. The molecule has 1 aliphatic heterocycles. The van der Waals surface area contributed by atoms with E-state index in [4.69, 9.17) is 15.3 Å². The number of nitrogens with zero attached hydrogens (tertiary/aromatic N) is 3. The molecule has 9 heteroatoms. The van der Waals surface area contributed by atoms with E-state index in [0.717, 1.165) is 30.0 Å². The molecule has 0 radical (unpaired) electrons. The Hall–Kier alpha value is -2.42. The minimum absolute atomic E-state index is 0.0915. The van der Waals surface area contributed by atoms with Crippen LogP contribution < -0.4 is 20.6 Å². The molecule has 0 saturated heterocycles. The molecule has 1 saturated carbocycles. The van der Waals surface area contributed by atoms with Crippen LogP contribution in [0, 0.1) is 0 Å². The third-order valence-electron chi connectivity index (χ3n) is 4.24. The van der Waals surface area contributed by atoms with Crippen molar-refractivity contribution in [2.24, 2.45) is 0 Å². The highest BCUT2D eigenvalue weighted by Gasteiger charge is 2.30. The number of ether oxygens (including phenoxy) is 2. The number of carbonyl (C=O) groups excluding carboxylic acids is 1. The van der Waals surface area contributed by atoms with Crippen LogP contribution in [-0.2, 0) is 4.79 Å². The normalized spacial score (nSPS) is 16.7. The van der Waals surface area contributed by atoms with Gasteiger partial charge >= 0.3 is 0 Å². The lowest BCUT2D eigenvalue weighted by atomic mass is 10.1. The lowest BCUT2D eigenvalue weighted by Gasteiger charge is -2.14. The van der Waals surface area contributed by atoms with E-state index in [1.807, 2.05) is 25.1 Å². The highest BCUT2D eigenvalue weighted by Crippen LogP contribution is 2.39. The first kappa shape index (κ1) is 16.1. The SMILES string of the molecule is C[C@H](NC(=O)CSc1nnc(C2CC2)n1N)c1ccc2c(c1)OCO2. The zero-order chi connectivity index (χ0) is 17.4. The summed E-state index contributed by atoms with van der Waals surface area (Å²) in [6.45, 7) is 2.16. The third kappa shape index (κ3) is 3.37. The van der Waals surface area contributed by atoms with Crippen LogP contribution >= 0.6 is 11.8 Å². The maximum atomic E-state index is 12.2. The second-order valence-corrected chi connectivity index (χ2v) is 7.12. The van der Waals surface area contributed by atoms with Crippen molar-refractivity contribution >= 4 is 17.7 Å². The Balaban J connectivity index is 1.32. The van der Waals surface area contributed by atoms with E-state index in [2.05, 4.69) is 15.5 Å². The Morgan fingerprint density at radius 3 is 3.00 bits per heavy atom. The summed E-state index contributed by atoms with van der Waals surface area (Å²) in [7, 11) is 0. The first-order valence-corrected chi connectivity index (χ1v) is 9.12. The second-order valence-electron chi connectivity index (χ2n) is 6.18. The smallest absolute Gasteiger partial charge is 0.231 e. The largest absolute Gasteiger partial charge is 0.454 e. The van der Waals surface area contributed by atoms with Gasteiger partial charge in [-0.25, -0.2) is 4.68 Å². The summed E-state index contributed by atoms with van der Waals surface area (Å²) in [5, 5.41) is 11.7. The number of hydrogen-bond donors (Lipinski definition) is 2. The number of carbonyl (C=O) groups is 1. The fraction of sp³-hybridized carbons (Fsp3) is 0.438. The van der Waals surface area contributed by atoms with Crippen LogP contribution in [0.2, 0.25) is 0 Å². The van der Waals surface area contributed by atoms with Gasteiger partial charge in [-0.1, -0.05) is 17.8 Å². The zero-order valence-corrected chi connectivity index (χ0v) is 14.6. The summed E-state index contributed by atoms with van der Waals surface area (Å²) >= 11 is 1.29. The van der Waals surface area contributed by atoms with Gasteiger partial charge < -0.3 is 20.6 Å². The van der Waals surface area contributed by atoms with E-state index in [-0.39, 0.29) is 24.5 Å². The van der Waals surface area contributed by atoms with Crippen LogP contribution in [-0.4, -0.2) is 33.3 Å². The van der Waals surface area contributed by atoms with Crippen molar-refractivity contribution in [1.82, 2.24) is 20.2 Å². The molecule has 4 rings (SSSR count). The number of rotatable bonds is 6. The molecule has 2 aromatic rings. The maximum Gasteiger partial charge on any atom is 0.231 e. The van der Waals surface area contributed by atoms with Crippen molar-refractivity contribution in [2.75, 3.05) is 18.4 Å². The van der Waals surface area contributed by atoms with Crippen molar-refractivity contribution in [3.8, 4) is 11.5 Å². The molecule has 0 unspecified atom stereocenters. The quantitative estimate of drug-likeness (QED) is 0.594. The average molecular weight is 361 g/mol. The van der Waals surface area contributed by atoms with E-state index >= 15 is 0 Å². The van der Waals surface area contributed by atoms with Crippen molar-refractivity contribution in [1.29, 1.82) is 0 Å². The van der Waals surface area contributed by atoms with Gasteiger partial charge in [0, 0.05) is 5.92 Å². The topological polar surface area (TPSA) is 104 Å². The van der Waals surface area contributed by atoms with Crippen LogP contribution in [0.5, 0.6) is 11.5 Å². The van der Waals surface area contributed by atoms with Gasteiger partial charge in [-0.2, -0.15) is 0 Å². The molecule has 1 atom stereocenters. The number of fused-ring (bicyclic) bond motifs is 1. The molecule has 8 nitrogen and oxygen atoms in total. The highest BCUT2D eigenvalue weighted by molar-refractivity contribution is 7.99. The molecule has 1 amide bonds. The van der Waals surface area contributed by atoms with E-state index < -0.39 is 0 Å². The molecular formula is C16H19N5O3S. The summed E-state index contributed by atoms with van der Waals surface area (Å²) in [4.78, 5) is 12.2. The number of thioether (sulfide) groups is 1. The van der Waals surface area contributed by atoms with Crippen LogP contribution in [0.3, 0.4) is 0 Å². The number of aromatic nitrogens is 3. The Morgan fingerprint density at radius 1 is 1.40 bits per heavy atom. The number of amides is 1. The van der Waals surface area contributed by atoms with Gasteiger partial charge in [-0.3, -0.25) is 4.79 Å². The lowest BCUT2D eigenvalue weighted by Crippen LogP contribution is -2.28. The van der Waals surface area contributed by atoms with Crippen molar-refractivity contribution in [2.45, 2.75) is 36.9 Å². The summed E-state index contributed by atoms with van der Waals surface area (Å²) in [6, 6.07) is 5.52. The highest BCUT2D eigenvalue weighted by atomic mass is 32.2. The fourth-order valence-corrected chi connectivity index (χ4v) is 3.36. The van der Waals surface area contributed by atoms with Crippen molar-refractivity contribution in [3.63, 3.8) is 0 Å². The minimum Gasteiger partial charge on any atom is -0.454 e. The van der Waals surface area contributed by atoms with Crippen LogP contribution in [0.1, 0.15) is 43.1 Å². The van der Waals surface area contributed by atoms with Crippen molar-refractivity contribution in [3.05, 3.63) is 29.6 Å². The third-order valence-corrected chi connectivity index (χ3v) is 5.18. The minimum atomic E-state index is -0.139. The molecule has 1 fully saturated rings. The predicted molar refractivity (Wildman–Crippen MR) is 92.0 cm³/mol. The van der Waals surface area contributed by atoms with Gasteiger partial charge in [0.15, 0.2) is 17.3 Å². The van der Waals surface area contributed by atoms with Gasteiger partial charge in [0.05, 0.1) is 11.8 Å². The fourth-order valence-electron chi connectivity index (χ4n) is 2.69. The van der Waals surface area contributed by atoms with Gasteiger partial charge in [0.25, 0.3) is 0 Å². The van der Waals surface area contributed by atoms with E-state index in [1.54, 1.807) is 0 Å². The first-order chi connectivity index (χ1) is 12.1. The molecule has 25 heavy (non-hydrogen) atoms. The van der Waals surface area contributed by atoms with E-state index in [1.165, 1.54) is 16.4 Å². The molecule has 1 aliphatic carbocycles. The average Bonchev–Trinajstić information content (AvgIpc) is 3.21. The number of nitrogens with one attached hydrogen (secondary N) is 1. The van der Waals surface area contributed by atoms with E-state index in [0.29, 0.717) is 16.8 Å². The number of nitrogen functional groups attached to an aromatic ring is 1. The summed E-state index contributed by atoms with van der Waals surface area (Å²) < 4.78 is 12.2. The molecule has 132 valence electrons. The lowest BCUT2D eigenvalue weighted by molar-refractivity contribution is -0.119. The first-order valence-electron chi connectivity index (χ1n) is 8.14. The van der Waals surface area contributed by atoms with Gasteiger partial charge in [-0.15, -0.1) is 10.2 Å². The summed E-state index contributed by atoms with van der Waals surface area (Å²) in [5.74, 6) is 8.79. The Kier molecular flexibility index (Phi) is 4.16. The predicted octanol–water partition coefficient (Wildman–Crippen LogP) is 1.57. The molecule has 1 aromatic heterocycles. The van der Waals surface area contributed by atoms with Crippen LogP contribution in [0.4, 0.5) is 0 Å². The second kappa shape index (κ2) is 6.47. The van der Waals surface area contributed by atoms with Gasteiger partial charge in [0.2, 0.25) is 17.9 Å². The Bertz CT molecular complexity index is 805. The molecule has 0 bridgehead atoms. The summed E-state index contributed by atoms with van der Waals surface area (Å²) in [5.41, 5.74) is 0.959. The van der Waals surface area contributed by atoms with Gasteiger partial charge in [-0.05, 0) is 37.5 Å². The van der Waals surface area contributed by atoms with Gasteiger partial charge in [0.1, 0.15) is 0 Å². The summed E-state index contributed by atoms with van der Waals surface area (Å²) in [6.07, 6.45) is 2.21. The molecule has 2 heterocycles. The molecule has 1 aromatic carbocycles. The molecular weight excluding hydrogens is 342 g/mol. The monoisotopic (exact) mass is 361 g/mol. The zero-order valence-electron chi connectivity index (χ0n) is 13.8.